The summed E-state index contributed by atoms with van der Waals surface area (Å²) in [6.45, 7) is 6.07. The number of likely N-dealkylation sites (tertiary alicyclic amines) is 1. The zero-order valence-electron chi connectivity index (χ0n) is 12.4. The van der Waals surface area contributed by atoms with E-state index in [9.17, 15) is 0 Å². The number of piperidine rings is 1. The van der Waals surface area contributed by atoms with Crippen molar-refractivity contribution < 1.29 is 0 Å². The molecular formula is C16H31N3. The highest BCUT2D eigenvalue weighted by molar-refractivity contribution is 5.08. The molecule has 3 aliphatic rings. The van der Waals surface area contributed by atoms with Gasteiger partial charge in [0, 0.05) is 24.7 Å². The van der Waals surface area contributed by atoms with E-state index in [4.69, 9.17) is 5.73 Å². The third kappa shape index (κ3) is 2.57. The van der Waals surface area contributed by atoms with Crippen molar-refractivity contribution in [1.29, 1.82) is 0 Å². The Morgan fingerprint density at radius 3 is 2.26 bits per heavy atom. The Labute approximate surface area is 118 Å². The number of nitrogens with two attached hydrogens (primary N) is 1. The van der Waals surface area contributed by atoms with Crippen LogP contribution in [-0.4, -0.2) is 54.1 Å². The lowest BCUT2D eigenvalue weighted by molar-refractivity contribution is 0.0319. The summed E-state index contributed by atoms with van der Waals surface area (Å²) in [5.41, 5.74) is 6.65. The van der Waals surface area contributed by atoms with Crippen LogP contribution in [0.4, 0.5) is 0 Å². The molecular weight excluding hydrogens is 234 g/mol. The minimum atomic E-state index is 0.317. The van der Waals surface area contributed by atoms with Gasteiger partial charge in [-0.25, -0.2) is 0 Å². The molecule has 0 saturated carbocycles. The summed E-state index contributed by atoms with van der Waals surface area (Å²) in [5.74, 6) is 0. The fourth-order valence-corrected chi connectivity index (χ4v) is 4.80. The fraction of sp³-hybridized carbons (Fsp3) is 1.00. The number of hydrogen-bond acceptors (Lipinski definition) is 3. The molecule has 110 valence electrons. The van der Waals surface area contributed by atoms with Crippen molar-refractivity contribution in [3.05, 3.63) is 0 Å². The topological polar surface area (TPSA) is 32.5 Å². The molecule has 0 aromatic rings. The van der Waals surface area contributed by atoms with Gasteiger partial charge < -0.3 is 5.73 Å². The molecule has 2 unspecified atom stereocenters. The van der Waals surface area contributed by atoms with Crippen molar-refractivity contribution in [2.75, 3.05) is 32.7 Å². The maximum absolute atomic E-state index is 6.33. The Balaban J connectivity index is 1.76. The average molecular weight is 265 g/mol. The summed E-state index contributed by atoms with van der Waals surface area (Å²) in [6.07, 6.45) is 12.6. The Kier molecular flexibility index (Phi) is 4.45. The molecule has 2 N–H and O–H groups in total. The van der Waals surface area contributed by atoms with E-state index in [0.717, 1.165) is 12.6 Å². The monoisotopic (exact) mass is 265 g/mol. The van der Waals surface area contributed by atoms with Crippen LogP contribution in [0, 0.1) is 0 Å². The lowest BCUT2D eigenvalue weighted by Gasteiger charge is -2.48. The first-order chi connectivity index (χ1) is 9.37. The first-order valence-electron chi connectivity index (χ1n) is 8.56. The second-order valence-electron chi connectivity index (χ2n) is 6.86. The van der Waals surface area contributed by atoms with Crippen LogP contribution >= 0.6 is 0 Å². The van der Waals surface area contributed by atoms with Crippen LogP contribution in [0.25, 0.3) is 0 Å². The zero-order valence-corrected chi connectivity index (χ0v) is 12.4. The number of hydrogen-bond donors (Lipinski definition) is 1. The molecule has 3 rings (SSSR count). The molecule has 2 atom stereocenters. The van der Waals surface area contributed by atoms with Gasteiger partial charge in [0.25, 0.3) is 0 Å². The molecule has 3 nitrogen and oxygen atoms in total. The number of nitrogens with zero attached hydrogens (tertiary/aromatic N) is 2. The van der Waals surface area contributed by atoms with Crippen LogP contribution in [0.3, 0.4) is 0 Å². The molecule has 3 aliphatic heterocycles. The first kappa shape index (κ1) is 13.8. The van der Waals surface area contributed by atoms with Crippen LogP contribution < -0.4 is 5.73 Å². The van der Waals surface area contributed by atoms with Crippen molar-refractivity contribution in [2.45, 2.75) is 69.4 Å². The van der Waals surface area contributed by atoms with E-state index in [0.29, 0.717) is 5.54 Å². The summed E-state index contributed by atoms with van der Waals surface area (Å²) >= 11 is 0. The van der Waals surface area contributed by atoms with Gasteiger partial charge in [-0.05, 0) is 51.7 Å². The van der Waals surface area contributed by atoms with Crippen molar-refractivity contribution in [2.24, 2.45) is 5.73 Å². The third-order valence-electron chi connectivity index (χ3n) is 5.91. The van der Waals surface area contributed by atoms with Crippen LogP contribution in [-0.2, 0) is 0 Å². The summed E-state index contributed by atoms with van der Waals surface area (Å²) < 4.78 is 0. The van der Waals surface area contributed by atoms with Crippen LogP contribution in [0.2, 0.25) is 0 Å². The second-order valence-corrected chi connectivity index (χ2v) is 6.86. The van der Waals surface area contributed by atoms with Gasteiger partial charge in [-0.2, -0.15) is 0 Å². The highest BCUT2D eigenvalue weighted by Gasteiger charge is 2.50. The predicted octanol–water partition coefficient (Wildman–Crippen LogP) is 2.21. The van der Waals surface area contributed by atoms with Crippen LogP contribution in [0.1, 0.15) is 57.8 Å². The van der Waals surface area contributed by atoms with Crippen LogP contribution in [0.15, 0.2) is 0 Å². The highest BCUT2D eigenvalue weighted by Crippen LogP contribution is 2.39. The van der Waals surface area contributed by atoms with Gasteiger partial charge in [-0.15, -0.1) is 0 Å². The van der Waals surface area contributed by atoms with E-state index in [-0.39, 0.29) is 0 Å². The molecule has 3 heteroatoms. The maximum Gasteiger partial charge on any atom is 0.0498 e. The molecule has 3 heterocycles. The number of rotatable bonds is 2. The summed E-state index contributed by atoms with van der Waals surface area (Å²) in [5, 5.41) is 0. The Hall–Kier alpha value is -0.120. The molecule has 0 amide bonds. The van der Waals surface area contributed by atoms with E-state index in [1.165, 1.54) is 84.0 Å². The quantitative estimate of drug-likeness (QED) is 0.831. The predicted molar refractivity (Wildman–Crippen MR) is 80.3 cm³/mol. The first-order valence-corrected chi connectivity index (χ1v) is 8.56. The fourth-order valence-electron chi connectivity index (χ4n) is 4.80. The third-order valence-corrected chi connectivity index (χ3v) is 5.91. The molecule has 19 heavy (non-hydrogen) atoms. The molecule has 3 saturated heterocycles. The van der Waals surface area contributed by atoms with Crippen molar-refractivity contribution in [3.8, 4) is 0 Å². The smallest absolute Gasteiger partial charge is 0.0498 e. The summed E-state index contributed by atoms with van der Waals surface area (Å²) in [6, 6.07) is 0.755. The summed E-state index contributed by atoms with van der Waals surface area (Å²) in [4.78, 5) is 5.55. The van der Waals surface area contributed by atoms with E-state index >= 15 is 0 Å². The SMILES string of the molecule is NCC1(N2CCCCCCC2)CCN2CCCCC21. The van der Waals surface area contributed by atoms with Gasteiger partial charge >= 0.3 is 0 Å². The highest BCUT2D eigenvalue weighted by atomic mass is 15.3. The largest absolute Gasteiger partial charge is 0.329 e. The van der Waals surface area contributed by atoms with Gasteiger partial charge in [0.2, 0.25) is 0 Å². The van der Waals surface area contributed by atoms with E-state index in [1.807, 2.05) is 0 Å². The molecule has 0 radical (unpaired) electrons. The van der Waals surface area contributed by atoms with Crippen molar-refractivity contribution >= 4 is 0 Å². The lowest BCUT2D eigenvalue weighted by atomic mass is 9.83. The number of fused-ring (bicyclic) bond motifs is 1. The summed E-state index contributed by atoms with van der Waals surface area (Å²) in [7, 11) is 0. The van der Waals surface area contributed by atoms with Gasteiger partial charge in [0.15, 0.2) is 0 Å². The van der Waals surface area contributed by atoms with E-state index in [2.05, 4.69) is 9.80 Å². The van der Waals surface area contributed by atoms with Gasteiger partial charge in [-0.1, -0.05) is 25.7 Å². The van der Waals surface area contributed by atoms with Gasteiger partial charge in [0.1, 0.15) is 0 Å². The Morgan fingerprint density at radius 2 is 1.53 bits per heavy atom. The second kappa shape index (κ2) is 6.11. The minimum absolute atomic E-state index is 0.317. The van der Waals surface area contributed by atoms with E-state index in [1.54, 1.807) is 0 Å². The standard InChI is InChI=1S/C16H31N3/c17-14-16(19-11-5-2-1-3-6-12-19)9-13-18-10-7-4-8-15(16)18/h15H,1-14,17H2. The molecule has 0 aromatic carbocycles. The molecule has 0 aliphatic carbocycles. The Morgan fingerprint density at radius 1 is 0.842 bits per heavy atom. The average Bonchev–Trinajstić information content (AvgIpc) is 2.79. The van der Waals surface area contributed by atoms with E-state index < -0.39 is 0 Å². The van der Waals surface area contributed by atoms with Gasteiger partial charge in [-0.3, -0.25) is 9.80 Å². The molecule has 0 spiro atoms. The molecule has 0 bridgehead atoms. The maximum atomic E-state index is 6.33. The zero-order chi connectivity index (χ0) is 13.1. The molecule has 0 aromatic heterocycles. The lowest BCUT2D eigenvalue weighted by Crippen LogP contribution is -2.62. The normalized spacial score (nSPS) is 38.7. The molecule has 3 fully saturated rings. The Bertz CT molecular complexity index is 286. The van der Waals surface area contributed by atoms with Gasteiger partial charge in [0.05, 0.1) is 0 Å². The van der Waals surface area contributed by atoms with Crippen LogP contribution in [0.5, 0.6) is 0 Å². The minimum Gasteiger partial charge on any atom is -0.329 e. The van der Waals surface area contributed by atoms with Crippen molar-refractivity contribution in [1.82, 2.24) is 9.80 Å². The van der Waals surface area contributed by atoms with Crippen molar-refractivity contribution in [3.63, 3.8) is 0 Å².